The van der Waals surface area contributed by atoms with Gasteiger partial charge in [-0.25, -0.2) is 0 Å². The SMILES string of the molecule is CCC(C(=O)NC(C)=O)N1Cc2c(N)cccc2C1=O. The third-order valence-electron chi connectivity index (χ3n) is 3.40. The molecule has 3 N–H and O–H groups in total. The highest BCUT2D eigenvalue weighted by molar-refractivity contribution is 6.04. The molecule has 1 aromatic rings. The summed E-state index contributed by atoms with van der Waals surface area (Å²) in [5.41, 5.74) is 7.67. The van der Waals surface area contributed by atoms with Gasteiger partial charge in [0.2, 0.25) is 11.8 Å². The highest BCUT2D eigenvalue weighted by Gasteiger charge is 2.36. The molecular formula is C14H17N3O3. The molecule has 0 fully saturated rings. The Balaban J connectivity index is 2.27. The molecule has 1 atom stereocenters. The molecule has 3 amide bonds. The Morgan fingerprint density at radius 2 is 2.15 bits per heavy atom. The van der Waals surface area contributed by atoms with Crippen LogP contribution in [-0.4, -0.2) is 28.7 Å². The van der Waals surface area contributed by atoms with Gasteiger partial charge in [0.25, 0.3) is 5.91 Å². The summed E-state index contributed by atoms with van der Waals surface area (Å²) in [6.07, 6.45) is 0.429. The van der Waals surface area contributed by atoms with E-state index in [-0.39, 0.29) is 5.91 Å². The molecule has 0 aliphatic carbocycles. The van der Waals surface area contributed by atoms with Crippen LogP contribution in [0, 0.1) is 0 Å². The Labute approximate surface area is 116 Å². The van der Waals surface area contributed by atoms with Gasteiger partial charge in [-0.15, -0.1) is 0 Å². The van der Waals surface area contributed by atoms with Gasteiger partial charge in [-0.1, -0.05) is 13.0 Å². The van der Waals surface area contributed by atoms with Crippen LogP contribution in [0.5, 0.6) is 0 Å². The summed E-state index contributed by atoms with van der Waals surface area (Å²) >= 11 is 0. The first-order valence-corrected chi connectivity index (χ1v) is 6.45. The van der Waals surface area contributed by atoms with Crippen LogP contribution in [-0.2, 0) is 16.1 Å². The van der Waals surface area contributed by atoms with E-state index in [1.807, 2.05) is 0 Å². The van der Waals surface area contributed by atoms with Gasteiger partial charge in [-0.2, -0.15) is 0 Å². The molecule has 1 heterocycles. The summed E-state index contributed by atoms with van der Waals surface area (Å²) in [5.74, 6) is -1.12. The molecule has 1 aromatic carbocycles. The van der Waals surface area contributed by atoms with E-state index in [4.69, 9.17) is 5.73 Å². The number of hydrogen-bond donors (Lipinski definition) is 2. The number of imide groups is 1. The van der Waals surface area contributed by atoms with E-state index in [2.05, 4.69) is 5.32 Å². The fourth-order valence-corrected chi connectivity index (χ4v) is 2.43. The van der Waals surface area contributed by atoms with E-state index in [0.717, 1.165) is 5.56 Å². The Morgan fingerprint density at radius 3 is 2.70 bits per heavy atom. The Morgan fingerprint density at radius 1 is 1.45 bits per heavy atom. The fraction of sp³-hybridized carbons (Fsp3) is 0.357. The normalized spacial score (nSPS) is 14.9. The lowest BCUT2D eigenvalue weighted by Gasteiger charge is -2.25. The molecule has 1 aliphatic rings. The van der Waals surface area contributed by atoms with Crippen molar-refractivity contribution in [3.05, 3.63) is 29.3 Å². The number of nitrogens with one attached hydrogen (secondary N) is 1. The first-order valence-electron chi connectivity index (χ1n) is 6.45. The molecular weight excluding hydrogens is 258 g/mol. The monoisotopic (exact) mass is 275 g/mol. The third kappa shape index (κ3) is 2.36. The third-order valence-corrected chi connectivity index (χ3v) is 3.40. The van der Waals surface area contributed by atoms with Gasteiger partial charge < -0.3 is 10.6 Å². The number of nitrogen functional groups attached to an aromatic ring is 1. The number of carbonyl (C=O) groups excluding carboxylic acids is 3. The maximum atomic E-state index is 12.3. The van der Waals surface area contributed by atoms with Gasteiger partial charge in [-0.05, 0) is 18.6 Å². The Kier molecular flexibility index (Phi) is 3.74. The smallest absolute Gasteiger partial charge is 0.255 e. The molecule has 0 spiro atoms. The lowest BCUT2D eigenvalue weighted by Crippen LogP contribution is -2.47. The first-order chi connectivity index (χ1) is 9.45. The van der Waals surface area contributed by atoms with E-state index in [0.29, 0.717) is 24.2 Å². The minimum Gasteiger partial charge on any atom is -0.398 e. The highest BCUT2D eigenvalue weighted by Crippen LogP contribution is 2.29. The Hall–Kier alpha value is -2.37. The predicted octanol–water partition coefficient (Wildman–Crippen LogP) is 0.666. The summed E-state index contributed by atoms with van der Waals surface area (Å²) < 4.78 is 0. The van der Waals surface area contributed by atoms with Gasteiger partial charge in [0.15, 0.2) is 0 Å². The number of nitrogens with zero attached hydrogens (tertiary/aromatic N) is 1. The largest absolute Gasteiger partial charge is 0.398 e. The quantitative estimate of drug-likeness (QED) is 0.793. The van der Waals surface area contributed by atoms with Crippen molar-refractivity contribution in [1.82, 2.24) is 10.2 Å². The molecule has 0 radical (unpaired) electrons. The zero-order valence-corrected chi connectivity index (χ0v) is 11.5. The second kappa shape index (κ2) is 5.32. The fourth-order valence-electron chi connectivity index (χ4n) is 2.43. The van der Waals surface area contributed by atoms with Crippen molar-refractivity contribution < 1.29 is 14.4 Å². The van der Waals surface area contributed by atoms with E-state index in [1.165, 1.54) is 11.8 Å². The molecule has 1 unspecified atom stereocenters. The zero-order valence-electron chi connectivity index (χ0n) is 11.5. The summed E-state index contributed by atoms with van der Waals surface area (Å²) in [4.78, 5) is 36.8. The number of nitrogens with two attached hydrogens (primary N) is 1. The van der Waals surface area contributed by atoms with Gasteiger partial charge in [0.05, 0.1) is 0 Å². The standard InChI is InChI=1S/C14H17N3O3/c1-3-12(13(19)16-8(2)18)17-7-10-9(14(17)20)5-4-6-11(10)15/h4-6,12H,3,7,15H2,1-2H3,(H,16,18,19). The summed E-state index contributed by atoms with van der Waals surface area (Å²) in [6.45, 7) is 3.36. The van der Waals surface area contributed by atoms with Crippen LogP contribution in [0.2, 0.25) is 0 Å². The number of amides is 3. The van der Waals surface area contributed by atoms with Crippen molar-refractivity contribution in [2.75, 3.05) is 5.73 Å². The number of anilines is 1. The molecule has 6 nitrogen and oxygen atoms in total. The summed E-state index contributed by atoms with van der Waals surface area (Å²) in [5, 5.41) is 2.23. The van der Waals surface area contributed by atoms with Crippen molar-refractivity contribution in [2.24, 2.45) is 0 Å². The van der Waals surface area contributed by atoms with Gasteiger partial charge in [0, 0.05) is 30.3 Å². The van der Waals surface area contributed by atoms with E-state index in [1.54, 1.807) is 25.1 Å². The van der Waals surface area contributed by atoms with Crippen LogP contribution < -0.4 is 11.1 Å². The van der Waals surface area contributed by atoms with Crippen molar-refractivity contribution in [3.63, 3.8) is 0 Å². The van der Waals surface area contributed by atoms with E-state index >= 15 is 0 Å². The van der Waals surface area contributed by atoms with Crippen LogP contribution >= 0.6 is 0 Å². The summed E-state index contributed by atoms with van der Waals surface area (Å²) in [7, 11) is 0. The Bertz CT molecular complexity index is 583. The molecule has 6 heteroatoms. The van der Waals surface area contributed by atoms with Gasteiger partial charge in [-0.3, -0.25) is 19.7 Å². The highest BCUT2D eigenvalue weighted by atomic mass is 16.2. The first kappa shape index (κ1) is 14.0. The molecule has 106 valence electrons. The molecule has 0 saturated heterocycles. The second-order valence-electron chi connectivity index (χ2n) is 4.78. The second-order valence-corrected chi connectivity index (χ2v) is 4.78. The van der Waals surface area contributed by atoms with Crippen molar-refractivity contribution in [3.8, 4) is 0 Å². The molecule has 0 saturated carbocycles. The van der Waals surface area contributed by atoms with Crippen LogP contribution in [0.1, 0.15) is 36.2 Å². The molecule has 0 aromatic heterocycles. The number of hydrogen-bond acceptors (Lipinski definition) is 4. The maximum absolute atomic E-state index is 12.3. The van der Waals surface area contributed by atoms with Gasteiger partial charge >= 0.3 is 0 Å². The number of carbonyl (C=O) groups is 3. The van der Waals surface area contributed by atoms with Crippen molar-refractivity contribution >= 4 is 23.4 Å². The molecule has 20 heavy (non-hydrogen) atoms. The van der Waals surface area contributed by atoms with Crippen molar-refractivity contribution in [1.29, 1.82) is 0 Å². The van der Waals surface area contributed by atoms with E-state index < -0.39 is 17.9 Å². The molecule has 1 aliphatic heterocycles. The van der Waals surface area contributed by atoms with Crippen LogP contribution in [0.3, 0.4) is 0 Å². The lowest BCUT2D eigenvalue weighted by atomic mass is 10.1. The number of rotatable bonds is 3. The number of fused-ring (bicyclic) bond motifs is 1. The number of benzene rings is 1. The minimum atomic E-state index is -0.668. The predicted molar refractivity (Wildman–Crippen MR) is 73.6 cm³/mol. The topological polar surface area (TPSA) is 92.5 Å². The van der Waals surface area contributed by atoms with Crippen LogP contribution in [0.15, 0.2) is 18.2 Å². The maximum Gasteiger partial charge on any atom is 0.255 e. The van der Waals surface area contributed by atoms with Crippen LogP contribution in [0.25, 0.3) is 0 Å². The molecule has 0 bridgehead atoms. The van der Waals surface area contributed by atoms with Crippen molar-refractivity contribution in [2.45, 2.75) is 32.9 Å². The zero-order chi connectivity index (χ0) is 14.9. The minimum absolute atomic E-state index is 0.224. The molecule has 2 rings (SSSR count). The lowest BCUT2D eigenvalue weighted by molar-refractivity contribution is -0.132. The van der Waals surface area contributed by atoms with Crippen LogP contribution in [0.4, 0.5) is 5.69 Å². The average Bonchev–Trinajstić information content (AvgIpc) is 2.69. The van der Waals surface area contributed by atoms with Gasteiger partial charge in [0.1, 0.15) is 6.04 Å². The average molecular weight is 275 g/mol. The summed E-state index contributed by atoms with van der Waals surface area (Å²) in [6, 6.07) is 4.47. The van der Waals surface area contributed by atoms with E-state index in [9.17, 15) is 14.4 Å².